The lowest BCUT2D eigenvalue weighted by molar-refractivity contribution is -0.120. The molecule has 1 amide bonds. The summed E-state index contributed by atoms with van der Waals surface area (Å²) >= 11 is 0. The normalized spacial score (nSPS) is 13.9. The Labute approximate surface area is 122 Å². The van der Waals surface area contributed by atoms with Gasteiger partial charge in [0.1, 0.15) is 5.75 Å². The Morgan fingerprint density at radius 2 is 1.52 bits per heavy atom. The molecule has 3 aromatic carbocycles. The number of benzene rings is 3. The van der Waals surface area contributed by atoms with E-state index >= 15 is 0 Å². The summed E-state index contributed by atoms with van der Waals surface area (Å²) < 4.78 is 5.51. The number of hydrogen-bond acceptors (Lipinski definition) is 2. The van der Waals surface area contributed by atoms with Crippen LogP contribution in [-0.2, 0) is 4.79 Å². The average molecular weight is 275 g/mol. The highest BCUT2D eigenvalue weighted by Crippen LogP contribution is 2.39. The van der Waals surface area contributed by atoms with Gasteiger partial charge in [0.2, 0.25) is 0 Å². The fourth-order valence-electron chi connectivity index (χ4n) is 2.77. The topological polar surface area (TPSA) is 29.5 Å². The van der Waals surface area contributed by atoms with Crippen molar-refractivity contribution in [1.82, 2.24) is 0 Å². The number of nitrogens with zero attached hydrogens (tertiary/aromatic N) is 1. The van der Waals surface area contributed by atoms with Crippen LogP contribution in [0.15, 0.2) is 66.7 Å². The van der Waals surface area contributed by atoms with Gasteiger partial charge >= 0.3 is 0 Å². The van der Waals surface area contributed by atoms with E-state index in [2.05, 4.69) is 12.1 Å². The molecule has 1 heterocycles. The lowest BCUT2D eigenvalue weighted by atomic mass is 10.1. The first-order valence-electron chi connectivity index (χ1n) is 6.87. The number of hydrogen-bond donors (Lipinski definition) is 0. The summed E-state index contributed by atoms with van der Waals surface area (Å²) in [6.07, 6.45) is 0. The molecule has 21 heavy (non-hydrogen) atoms. The largest absolute Gasteiger partial charge is 0.482 e. The van der Waals surface area contributed by atoms with Crippen LogP contribution in [0.2, 0.25) is 0 Å². The van der Waals surface area contributed by atoms with Crippen molar-refractivity contribution in [1.29, 1.82) is 0 Å². The maximum absolute atomic E-state index is 12.4. The van der Waals surface area contributed by atoms with Crippen LogP contribution >= 0.6 is 0 Å². The van der Waals surface area contributed by atoms with Gasteiger partial charge in [-0.2, -0.15) is 0 Å². The van der Waals surface area contributed by atoms with Gasteiger partial charge in [-0.05, 0) is 23.6 Å². The first-order valence-corrected chi connectivity index (χ1v) is 6.87. The van der Waals surface area contributed by atoms with Crippen LogP contribution in [0.3, 0.4) is 0 Å². The van der Waals surface area contributed by atoms with Gasteiger partial charge in [-0.25, -0.2) is 0 Å². The summed E-state index contributed by atoms with van der Waals surface area (Å²) in [6.45, 7) is 0.0697. The molecule has 0 N–H and O–H groups in total. The first kappa shape index (κ1) is 12.0. The first-order chi connectivity index (χ1) is 10.3. The average Bonchev–Trinajstić information content (AvgIpc) is 2.54. The number of fused-ring (bicyclic) bond motifs is 2. The molecule has 0 saturated carbocycles. The fourth-order valence-corrected chi connectivity index (χ4v) is 2.77. The van der Waals surface area contributed by atoms with Crippen LogP contribution < -0.4 is 9.64 Å². The summed E-state index contributed by atoms with van der Waals surface area (Å²) in [4.78, 5) is 14.2. The van der Waals surface area contributed by atoms with Crippen LogP contribution in [-0.4, -0.2) is 12.5 Å². The maximum atomic E-state index is 12.4. The number of carbonyl (C=O) groups is 1. The minimum absolute atomic E-state index is 0.0509. The van der Waals surface area contributed by atoms with Crippen LogP contribution in [0, 0.1) is 0 Å². The number of anilines is 2. The predicted octanol–water partition coefficient (Wildman–Crippen LogP) is 3.90. The Bertz CT molecular complexity index is 836. The Hall–Kier alpha value is -2.81. The molecule has 1 aliphatic rings. The highest BCUT2D eigenvalue weighted by molar-refractivity contribution is 6.10. The fraction of sp³-hybridized carbons (Fsp3) is 0.0556. The van der Waals surface area contributed by atoms with E-state index in [9.17, 15) is 4.79 Å². The van der Waals surface area contributed by atoms with E-state index in [4.69, 9.17) is 4.74 Å². The molecule has 3 aromatic rings. The second-order valence-corrected chi connectivity index (χ2v) is 4.98. The Morgan fingerprint density at radius 1 is 0.810 bits per heavy atom. The van der Waals surface area contributed by atoms with Gasteiger partial charge < -0.3 is 4.74 Å². The van der Waals surface area contributed by atoms with Crippen LogP contribution in [0.4, 0.5) is 11.4 Å². The van der Waals surface area contributed by atoms with E-state index in [0.717, 1.165) is 27.9 Å². The SMILES string of the molecule is O=C1COc2ccccc2N1c1cccc2ccccc12. The monoisotopic (exact) mass is 275 g/mol. The lowest BCUT2D eigenvalue weighted by Crippen LogP contribution is -2.35. The molecule has 3 heteroatoms. The van der Waals surface area contributed by atoms with Crippen LogP contribution in [0.1, 0.15) is 0 Å². The predicted molar refractivity (Wildman–Crippen MR) is 83.0 cm³/mol. The van der Waals surface area contributed by atoms with Gasteiger partial charge in [-0.3, -0.25) is 9.69 Å². The van der Waals surface area contributed by atoms with E-state index in [1.807, 2.05) is 54.6 Å². The molecule has 0 atom stereocenters. The van der Waals surface area contributed by atoms with Crippen LogP contribution in [0.25, 0.3) is 10.8 Å². The molecular weight excluding hydrogens is 262 g/mol. The number of ether oxygens (including phenoxy) is 1. The van der Waals surface area contributed by atoms with Crippen LogP contribution in [0.5, 0.6) is 5.75 Å². The Morgan fingerprint density at radius 3 is 2.48 bits per heavy atom. The summed E-state index contributed by atoms with van der Waals surface area (Å²) in [5, 5.41) is 2.18. The molecule has 0 spiro atoms. The van der Waals surface area contributed by atoms with Crippen molar-refractivity contribution in [3.8, 4) is 5.75 Å². The Balaban J connectivity index is 1.98. The van der Waals surface area contributed by atoms with Crippen molar-refractivity contribution >= 4 is 28.1 Å². The van der Waals surface area contributed by atoms with Crippen molar-refractivity contribution in [3.05, 3.63) is 66.7 Å². The lowest BCUT2D eigenvalue weighted by Gasteiger charge is -2.30. The zero-order valence-electron chi connectivity index (χ0n) is 11.3. The highest BCUT2D eigenvalue weighted by Gasteiger charge is 2.27. The number of amides is 1. The van der Waals surface area contributed by atoms with Gasteiger partial charge in [0, 0.05) is 5.39 Å². The zero-order chi connectivity index (χ0) is 14.2. The second-order valence-electron chi connectivity index (χ2n) is 4.98. The third kappa shape index (κ3) is 1.86. The number of para-hydroxylation sites is 2. The standard InChI is InChI=1S/C18H13NO2/c20-18-12-21-17-11-4-3-9-16(17)19(18)15-10-5-7-13-6-1-2-8-14(13)15/h1-11H,12H2. The summed E-state index contributed by atoms with van der Waals surface area (Å²) in [6, 6.07) is 21.7. The van der Waals surface area contributed by atoms with Crippen molar-refractivity contribution in [2.45, 2.75) is 0 Å². The van der Waals surface area contributed by atoms with E-state index in [1.54, 1.807) is 4.90 Å². The zero-order valence-corrected chi connectivity index (χ0v) is 11.3. The Kier molecular flexibility index (Phi) is 2.64. The molecule has 0 saturated heterocycles. The molecule has 0 fully saturated rings. The molecular formula is C18H13NO2. The second kappa shape index (κ2) is 4.63. The quantitative estimate of drug-likeness (QED) is 0.674. The van der Waals surface area contributed by atoms with Gasteiger partial charge in [0.05, 0.1) is 11.4 Å². The summed E-state index contributed by atoms with van der Waals surface area (Å²) in [5.41, 5.74) is 1.69. The maximum Gasteiger partial charge on any atom is 0.269 e. The molecule has 3 nitrogen and oxygen atoms in total. The molecule has 102 valence electrons. The van der Waals surface area contributed by atoms with E-state index in [-0.39, 0.29) is 12.5 Å². The van der Waals surface area contributed by atoms with Gasteiger partial charge in [0.25, 0.3) is 5.91 Å². The molecule has 1 aliphatic heterocycles. The molecule has 4 rings (SSSR count). The summed E-state index contributed by atoms with van der Waals surface area (Å²) in [5.74, 6) is 0.690. The third-order valence-corrected chi connectivity index (χ3v) is 3.71. The smallest absolute Gasteiger partial charge is 0.269 e. The van der Waals surface area contributed by atoms with E-state index in [1.165, 1.54) is 0 Å². The number of carbonyl (C=O) groups excluding carboxylic acids is 1. The van der Waals surface area contributed by atoms with E-state index < -0.39 is 0 Å². The van der Waals surface area contributed by atoms with Crippen molar-refractivity contribution in [2.75, 3.05) is 11.5 Å². The molecule has 0 radical (unpaired) electrons. The van der Waals surface area contributed by atoms with Crippen molar-refractivity contribution in [2.24, 2.45) is 0 Å². The van der Waals surface area contributed by atoms with Gasteiger partial charge in [-0.1, -0.05) is 48.5 Å². The minimum atomic E-state index is -0.0509. The number of rotatable bonds is 1. The summed E-state index contributed by atoms with van der Waals surface area (Å²) in [7, 11) is 0. The molecule has 0 unspecified atom stereocenters. The highest BCUT2D eigenvalue weighted by atomic mass is 16.5. The molecule has 0 aromatic heterocycles. The van der Waals surface area contributed by atoms with Crippen molar-refractivity contribution in [3.63, 3.8) is 0 Å². The minimum Gasteiger partial charge on any atom is -0.482 e. The molecule has 0 aliphatic carbocycles. The van der Waals surface area contributed by atoms with E-state index in [0.29, 0.717) is 0 Å². The third-order valence-electron chi connectivity index (χ3n) is 3.71. The van der Waals surface area contributed by atoms with Crippen molar-refractivity contribution < 1.29 is 9.53 Å². The molecule has 0 bridgehead atoms. The van der Waals surface area contributed by atoms with Gasteiger partial charge in [0.15, 0.2) is 6.61 Å². The van der Waals surface area contributed by atoms with Gasteiger partial charge in [-0.15, -0.1) is 0 Å².